The van der Waals surface area contributed by atoms with Gasteiger partial charge < -0.3 is 0 Å². The first kappa shape index (κ1) is 13.4. The number of fused-ring (bicyclic) bond motifs is 1. The molecule has 0 radical (unpaired) electrons. The van der Waals surface area contributed by atoms with E-state index < -0.39 is 20.5 Å². The van der Waals surface area contributed by atoms with Crippen LogP contribution in [0.3, 0.4) is 0 Å². The third-order valence-corrected chi connectivity index (χ3v) is 4.07. The highest BCUT2D eigenvalue weighted by molar-refractivity contribution is 7.92. The van der Waals surface area contributed by atoms with E-state index in [2.05, 4.69) is 9.97 Å². The van der Waals surface area contributed by atoms with Gasteiger partial charge in [-0.3, -0.25) is 0 Å². The van der Waals surface area contributed by atoms with Crippen LogP contribution in [0.2, 0.25) is 10.2 Å². The van der Waals surface area contributed by atoms with Gasteiger partial charge in [-0.15, -0.1) is 0 Å². The number of nitrogens with zero attached hydrogens (tertiary/aromatic N) is 2. The van der Waals surface area contributed by atoms with Crippen molar-refractivity contribution in [3.8, 4) is 0 Å². The molecule has 96 valence electrons. The first-order valence-corrected chi connectivity index (χ1v) is 6.76. The fourth-order valence-electron chi connectivity index (χ4n) is 1.38. The number of benzene rings is 1. The number of hydrogen-bond acceptors (Lipinski definition) is 4. The van der Waals surface area contributed by atoms with Gasteiger partial charge in [-0.05, 0) is 12.1 Å². The number of aromatic nitrogens is 2. The molecule has 0 atom stereocenters. The summed E-state index contributed by atoms with van der Waals surface area (Å²) in [4.78, 5) is 6.63. The van der Waals surface area contributed by atoms with E-state index in [1.54, 1.807) is 0 Å². The third-order valence-electron chi connectivity index (χ3n) is 2.16. The van der Waals surface area contributed by atoms with Crippen LogP contribution in [0.1, 0.15) is 0 Å². The van der Waals surface area contributed by atoms with Gasteiger partial charge in [-0.25, -0.2) is 18.4 Å². The van der Waals surface area contributed by atoms with E-state index in [0.717, 1.165) is 12.4 Å². The molecule has 0 aliphatic heterocycles. The summed E-state index contributed by atoms with van der Waals surface area (Å²) in [5, 5.41) is -0.00228. The lowest BCUT2D eigenvalue weighted by molar-refractivity contribution is 0.235. The molecular formula is C9H4Cl2F2N2O2S. The Balaban J connectivity index is 2.92. The summed E-state index contributed by atoms with van der Waals surface area (Å²) in [5.41, 5.74) is -0.181. The zero-order chi connectivity index (χ0) is 13.5. The fourth-order valence-corrected chi connectivity index (χ4v) is 2.77. The Morgan fingerprint density at radius 2 is 1.83 bits per heavy atom. The molecule has 1 aromatic carbocycles. The van der Waals surface area contributed by atoms with Crippen LogP contribution in [0.4, 0.5) is 8.78 Å². The van der Waals surface area contributed by atoms with Crippen LogP contribution in [0.25, 0.3) is 10.9 Å². The zero-order valence-corrected chi connectivity index (χ0v) is 10.8. The lowest BCUT2D eigenvalue weighted by Gasteiger charge is -2.07. The van der Waals surface area contributed by atoms with Crippen LogP contribution < -0.4 is 0 Å². The van der Waals surface area contributed by atoms with Gasteiger partial charge in [0.15, 0.2) is 0 Å². The zero-order valence-electron chi connectivity index (χ0n) is 8.44. The fraction of sp³-hybridized carbons (Fsp3) is 0.111. The summed E-state index contributed by atoms with van der Waals surface area (Å²) in [5.74, 6) is -3.56. The highest BCUT2D eigenvalue weighted by Crippen LogP contribution is 2.31. The van der Waals surface area contributed by atoms with E-state index in [1.165, 1.54) is 6.07 Å². The van der Waals surface area contributed by atoms with Gasteiger partial charge in [0.25, 0.3) is 0 Å². The molecule has 1 aromatic heterocycles. The van der Waals surface area contributed by atoms with Crippen LogP contribution in [-0.4, -0.2) is 24.1 Å². The van der Waals surface area contributed by atoms with Crippen molar-refractivity contribution in [2.75, 3.05) is 0 Å². The predicted octanol–water partition coefficient (Wildman–Crippen LogP) is 2.93. The smallest absolute Gasteiger partial charge is 0.235 e. The lowest BCUT2D eigenvalue weighted by Crippen LogP contribution is -2.12. The van der Waals surface area contributed by atoms with Gasteiger partial charge in [-0.1, -0.05) is 23.2 Å². The standard InChI is InChI=1S/C9H4Cl2F2N2O2S/c10-4-1-5-7(14-3-15-8(5)11)6(2-4)18(16,17)9(12)13/h1-3,9H. The summed E-state index contributed by atoms with van der Waals surface area (Å²) < 4.78 is 48.1. The molecule has 2 aromatic rings. The highest BCUT2D eigenvalue weighted by atomic mass is 35.5. The van der Waals surface area contributed by atoms with Gasteiger partial charge in [0.05, 0.1) is 5.52 Å². The topological polar surface area (TPSA) is 59.9 Å². The molecule has 18 heavy (non-hydrogen) atoms. The molecule has 0 saturated carbocycles. The minimum Gasteiger partial charge on any atom is -0.235 e. The number of sulfone groups is 1. The molecule has 4 nitrogen and oxygen atoms in total. The largest absolute Gasteiger partial charge is 0.341 e. The van der Waals surface area contributed by atoms with Crippen molar-refractivity contribution >= 4 is 43.9 Å². The van der Waals surface area contributed by atoms with Gasteiger partial charge >= 0.3 is 5.76 Å². The number of alkyl halides is 2. The molecule has 9 heteroatoms. The maximum absolute atomic E-state index is 12.6. The van der Waals surface area contributed by atoms with Crippen LogP contribution in [-0.2, 0) is 9.84 Å². The predicted molar refractivity (Wildman–Crippen MR) is 62.7 cm³/mol. The molecule has 0 N–H and O–H groups in total. The van der Waals surface area contributed by atoms with Gasteiger partial charge in [0.2, 0.25) is 9.84 Å². The minimum absolute atomic E-state index is 0.0431. The Bertz CT molecular complexity index is 722. The van der Waals surface area contributed by atoms with Crippen molar-refractivity contribution in [1.29, 1.82) is 0 Å². The Hall–Kier alpha value is -1.05. The van der Waals surface area contributed by atoms with Crippen LogP contribution in [0.5, 0.6) is 0 Å². The van der Waals surface area contributed by atoms with Gasteiger partial charge in [0.1, 0.15) is 16.4 Å². The average Bonchev–Trinajstić information content (AvgIpc) is 2.29. The Labute approximate surface area is 110 Å². The SMILES string of the molecule is O=S(=O)(c1cc(Cl)cc2c(Cl)ncnc12)C(F)F. The van der Waals surface area contributed by atoms with Crippen molar-refractivity contribution in [1.82, 2.24) is 9.97 Å². The van der Waals surface area contributed by atoms with E-state index in [4.69, 9.17) is 23.2 Å². The monoisotopic (exact) mass is 312 g/mol. The van der Waals surface area contributed by atoms with Crippen molar-refractivity contribution in [2.45, 2.75) is 10.7 Å². The van der Waals surface area contributed by atoms with E-state index in [0.29, 0.717) is 0 Å². The molecule has 0 fully saturated rings. The molecular weight excluding hydrogens is 309 g/mol. The van der Waals surface area contributed by atoms with Crippen molar-refractivity contribution in [2.24, 2.45) is 0 Å². The Kier molecular flexibility index (Phi) is 3.39. The van der Waals surface area contributed by atoms with Gasteiger partial charge in [0, 0.05) is 10.4 Å². The summed E-state index contributed by atoms with van der Waals surface area (Å²) in [6, 6.07) is 2.22. The first-order chi connectivity index (χ1) is 8.34. The van der Waals surface area contributed by atoms with Crippen molar-refractivity contribution < 1.29 is 17.2 Å². The molecule has 1 heterocycles. The van der Waals surface area contributed by atoms with Crippen molar-refractivity contribution in [3.05, 3.63) is 28.6 Å². The third kappa shape index (κ3) is 2.13. The number of hydrogen-bond donors (Lipinski definition) is 0. The molecule has 0 amide bonds. The quantitative estimate of drug-likeness (QED) is 0.800. The Morgan fingerprint density at radius 3 is 2.44 bits per heavy atom. The molecule has 0 spiro atoms. The van der Waals surface area contributed by atoms with Crippen LogP contribution in [0.15, 0.2) is 23.4 Å². The summed E-state index contributed by atoms with van der Waals surface area (Å²) in [7, 11) is -4.81. The second-order valence-corrected chi connectivity index (χ2v) is 5.95. The van der Waals surface area contributed by atoms with Gasteiger partial charge in [-0.2, -0.15) is 8.78 Å². The molecule has 0 saturated heterocycles. The normalized spacial score (nSPS) is 12.3. The number of rotatable bonds is 2. The maximum Gasteiger partial charge on any atom is 0.341 e. The summed E-state index contributed by atoms with van der Waals surface area (Å²) in [6.45, 7) is 0. The Morgan fingerprint density at radius 1 is 1.17 bits per heavy atom. The second-order valence-electron chi connectivity index (χ2n) is 3.27. The van der Waals surface area contributed by atoms with E-state index in [9.17, 15) is 17.2 Å². The number of halogens is 4. The van der Waals surface area contributed by atoms with Crippen LogP contribution >= 0.6 is 23.2 Å². The minimum atomic E-state index is -4.81. The first-order valence-electron chi connectivity index (χ1n) is 4.46. The van der Waals surface area contributed by atoms with E-state index >= 15 is 0 Å². The maximum atomic E-state index is 12.6. The van der Waals surface area contributed by atoms with E-state index in [-0.39, 0.29) is 21.1 Å². The molecule has 0 aliphatic carbocycles. The lowest BCUT2D eigenvalue weighted by atomic mass is 10.2. The molecule has 0 unspecified atom stereocenters. The van der Waals surface area contributed by atoms with Crippen LogP contribution in [0, 0.1) is 0 Å². The van der Waals surface area contributed by atoms with E-state index in [1.807, 2.05) is 0 Å². The van der Waals surface area contributed by atoms with Crippen molar-refractivity contribution in [3.63, 3.8) is 0 Å². The highest BCUT2D eigenvalue weighted by Gasteiger charge is 2.30. The second kappa shape index (κ2) is 4.56. The summed E-state index contributed by atoms with van der Waals surface area (Å²) in [6.07, 6.45) is 0.989. The average molecular weight is 313 g/mol. The molecule has 2 rings (SSSR count). The summed E-state index contributed by atoms with van der Waals surface area (Å²) >= 11 is 11.4. The molecule has 0 bridgehead atoms. The molecule has 0 aliphatic rings.